The van der Waals surface area contributed by atoms with Crippen molar-refractivity contribution in [1.82, 2.24) is 24.5 Å². The average molecular weight is 754 g/mol. The summed E-state index contributed by atoms with van der Waals surface area (Å²) in [4.78, 5) is 20.9. The van der Waals surface area contributed by atoms with Crippen molar-refractivity contribution in [2.24, 2.45) is 0 Å². The molecular formula is C54H35N5. The lowest BCUT2D eigenvalue weighted by Crippen LogP contribution is -2.00. The first-order valence-corrected chi connectivity index (χ1v) is 19.8. The molecule has 0 spiro atoms. The normalized spacial score (nSPS) is 11.4. The van der Waals surface area contributed by atoms with Gasteiger partial charge in [-0.05, 0) is 46.2 Å². The van der Waals surface area contributed by atoms with E-state index in [1.807, 2.05) is 54.6 Å². The van der Waals surface area contributed by atoms with Crippen LogP contribution in [0.1, 0.15) is 0 Å². The van der Waals surface area contributed by atoms with E-state index in [-0.39, 0.29) is 0 Å². The molecule has 0 bridgehead atoms. The second-order valence-electron chi connectivity index (χ2n) is 14.6. The lowest BCUT2D eigenvalue weighted by Gasteiger charge is -2.15. The van der Waals surface area contributed by atoms with Crippen LogP contribution in [0.2, 0.25) is 0 Å². The highest BCUT2D eigenvalue weighted by atomic mass is 15.1. The first-order valence-electron chi connectivity index (χ1n) is 19.8. The van der Waals surface area contributed by atoms with Gasteiger partial charge in [0.05, 0.1) is 22.6 Å². The molecule has 0 aliphatic rings. The van der Waals surface area contributed by atoms with Gasteiger partial charge in [-0.2, -0.15) is 0 Å². The highest BCUT2D eigenvalue weighted by Crippen LogP contribution is 2.40. The van der Waals surface area contributed by atoms with Gasteiger partial charge in [0.2, 0.25) is 0 Å². The Labute approximate surface area is 341 Å². The minimum atomic E-state index is 0.701. The Morgan fingerprint density at radius 2 is 0.864 bits per heavy atom. The Morgan fingerprint density at radius 1 is 0.339 bits per heavy atom. The maximum atomic E-state index is 5.44. The summed E-state index contributed by atoms with van der Waals surface area (Å²) < 4.78 is 2.27. The number of aromatic nitrogens is 5. The smallest absolute Gasteiger partial charge is 0.160 e. The lowest BCUT2D eigenvalue weighted by molar-refractivity contribution is 1.10. The maximum Gasteiger partial charge on any atom is 0.160 e. The summed E-state index contributed by atoms with van der Waals surface area (Å²) in [5.74, 6) is 1.56. The molecule has 0 saturated heterocycles. The largest absolute Gasteiger partial charge is 0.290 e. The van der Waals surface area contributed by atoms with Gasteiger partial charge in [-0.3, -0.25) is 4.57 Å². The summed E-state index contributed by atoms with van der Waals surface area (Å²) in [5.41, 5.74) is 14.0. The zero-order valence-corrected chi connectivity index (χ0v) is 31.9. The topological polar surface area (TPSA) is 56.5 Å². The van der Waals surface area contributed by atoms with Crippen LogP contribution in [-0.4, -0.2) is 24.5 Å². The fourth-order valence-corrected chi connectivity index (χ4v) is 8.22. The highest BCUT2D eigenvalue weighted by molar-refractivity contribution is 6.10. The van der Waals surface area contributed by atoms with Gasteiger partial charge < -0.3 is 0 Å². The maximum absolute atomic E-state index is 5.44. The number of hydrogen-bond acceptors (Lipinski definition) is 4. The van der Waals surface area contributed by atoms with Crippen LogP contribution in [0.5, 0.6) is 0 Å². The van der Waals surface area contributed by atoms with E-state index in [4.69, 9.17) is 19.9 Å². The SMILES string of the molecule is c1ccc(-c2cc(-c3ccc(-c4ccc(-c5nc6c7ccccc7nc(-c7ccccc7)c6n5-c5ccccc5)cc4)c4ccccc34)nc(-c3ccccc3)n2)cc1. The number of imidazole rings is 1. The first kappa shape index (κ1) is 34.2. The Kier molecular flexibility index (Phi) is 8.41. The fourth-order valence-electron chi connectivity index (χ4n) is 8.22. The van der Waals surface area contributed by atoms with Crippen LogP contribution in [0, 0.1) is 0 Å². The number of pyridine rings is 1. The molecule has 0 saturated carbocycles. The molecule has 3 heterocycles. The minimum absolute atomic E-state index is 0.701. The van der Waals surface area contributed by atoms with E-state index in [1.54, 1.807) is 0 Å². The summed E-state index contributed by atoms with van der Waals surface area (Å²) in [6.07, 6.45) is 0. The molecule has 0 atom stereocenters. The molecule has 11 rings (SSSR count). The molecule has 0 unspecified atom stereocenters. The van der Waals surface area contributed by atoms with E-state index in [0.717, 1.165) is 100 Å². The van der Waals surface area contributed by atoms with Crippen molar-refractivity contribution in [2.45, 2.75) is 0 Å². The second kappa shape index (κ2) is 14.5. The van der Waals surface area contributed by atoms with Gasteiger partial charge >= 0.3 is 0 Å². The summed E-state index contributed by atoms with van der Waals surface area (Å²) in [6, 6.07) is 73.7. The predicted octanol–water partition coefficient (Wildman–Crippen LogP) is 13.5. The third-order valence-electron chi connectivity index (χ3n) is 11.0. The number of nitrogens with zero attached hydrogens (tertiary/aromatic N) is 5. The van der Waals surface area contributed by atoms with Gasteiger partial charge in [-0.15, -0.1) is 0 Å². The van der Waals surface area contributed by atoms with Crippen molar-refractivity contribution in [1.29, 1.82) is 0 Å². The molecule has 8 aromatic carbocycles. The molecule has 11 aromatic rings. The van der Waals surface area contributed by atoms with E-state index < -0.39 is 0 Å². The second-order valence-corrected chi connectivity index (χ2v) is 14.6. The number of para-hydroxylation sites is 2. The van der Waals surface area contributed by atoms with E-state index in [1.165, 1.54) is 0 Å². The number of benzene rings is 8. The Bertz CT molecular complexity index is 3230. The van der Waals surface area contributed by atoms with Crippen molar-refractivity contribution in [3.05, 3.63) is 212 Å². The molecule has 0 N–H and O–H groups in total. The molecule has 0 radical (unpaired) electrons. The van der Waals surface area contributed by atoms with E-state index in [2.05, 4.69) is 162 Å². The molecule has 5 heteroatoms. The quantitative estimate of drug-likeness (QED) is 0.163. The molecule has 276 valence electrons. The molecule has 0 aliphatic heterocycles. The first-order chi connectivity index (χ1) is 29.3. The number of rotatable bonds is 7. The lowest BCUT2D eigenvalue weighted by atomic mass is 9.93. The van der Waals surface area contributed by atoms with Crippen LogP contribution in [0.25, 0.3) is 106 Å². The van der Waals surface area contributed by atoms with Crippen molar-refractivity contribution in [3.63, 3.8) is 0 Å². The molecule has 0 fully saturated rings. The molecule has 3 aromatic heterocycles. The zero-order valence-electron chi connectivity index (χ0n) is 31.9. The monoisotopic (exact) mass is 753 g/mol. The van der Waals surface area contributed by atoms with E-state index in [0.29, 0.717) is 5.82 Å². The molecule has 59 heavy (non-hydrogen) atoms. The van der Waals surface area contributed by atoms with Crippen molar-refractivity contribution in [2.75, 3.05) is 0 Å². The number of hydrogen-bond donors (Lipinski definition) is 0. The van der Waals surface area contributed by atoms with Gasteiger partial charge in [0.1, 0.15) is 16.9 Å². The van der Waals surface area contributed by atoms with Gasteiger partial charge in [0.15, 0.2) is 5.82 Å². The van der Waals surface area contributed by atoms with Crippen LogP contribution in [0.4, 0.5) is 0 Å². The van der Waals surface area contributed by atoms with Crippen molar-refractivity contribution in [3.8, 4) is 73.4 Å². The van der Waals surface area contributed by atoms with E-state index in [9.17, 15) is 0 Å². The standard InChI is InChI=1S/C54H35N5/c1-5-17-37(18-6-1)48-35-49(57-53(56-48)39-21-9-3-10-22-39)45-34-33-42(43-25-13-14-26-44(43)45)36-29-31-40(32-30-36)54-58-51-46-27-15-16-28-47(46)55-50(38-19-7-2-8-20-38)52(51)59(54)41-23-11-4-12-24-41/h1-35H. The summed E-state index contributed by atoms with van der Waals surface area (Å²) >= 11 is 0. The van der Waals surface area contributed by atoms with Crippen LogP contribution in [0.15, 0.2) is 212 Å². The van der Waals surface area contributed by atoms with Gasteiger partial charge in [0.25, 0.3) is 0 Å². The van der Waals surface area contributed by atoms with Crippen LogP contribution >= 0.6 is 0 Å². The minimum Gasteiger partial charge on any atom is -0.290 e. The summed E-state index contributed by atoms with van der Waals surface area (Å²) in [7, 11) is 0. The molecule has 5 nitrogen and oxygen atoms in total. The number of fused-ring (bicyclic) bond motifs is 4. The molecular weight excluding hydrogens is 719 g/mol. The fraction of sp³-hybridized carbons (Fsp3) is 0. The third kappa shape index (κ3) is 6.13. The Hall–Kier alpha value is -8.02. The summed E-state index contributed by atoms with van der Waals surface area (Å²) in [6.45, 7) is 0. The zero-order chi connectivity index (χ0) is 39.1. The Balaban J connectivity index is 1.06. The van der Waals surface area contributed by atoms with Crippen LogP contribution in [-0.2, 0) is 0 Å². The van der Waals surface area contributed by atoms with E-state index >= 15 is 0 Å². The Morgan fingerprint density at radius 3 is 1.56 bits per heavy atom. The third-order valence-corrected chi connectivity index (χ3v) is 11.0. The van der Waals surface area contributed by atoms with Crippen LogP contribution in [0.3, 0.4) is 0 Å². The summed E-state index contributed by atoms with van der Waals surface area (Å²) in [5, 5.41) is 3.31. The molecule has 0 amide bonds. The van der Waals surface area contributed by atoms with Gasteiger partial charge in [-0.25, -0.2) is 19.9 Å². The van der Waals surface area contributed by atoms with Crippen LogP contribution < -0.4 is 0 Å². The van der Waals surface area contributed by atoms with Gasteiger partial charge in [0, 0.05) is 38.9 Å². The predicted molar refractivity (Wildman–Crippen MR) is 242 cm³/mol. The van der Waals surface area contributed by atoms with Crippen molar-refractivity contribution < 1.29 is 0 Å². The average Bonchev–Trinajstić information content (AvgIpc) is 3.73. The van der Waals surface area contributed by atoms with Gasteiger partial charge in [-0.1, -0.05) is 188 Å². The highest BCUT2D eigenvalue weighted by Gasteiger charge is 2.22. The molecule has 0 aliphatic carbocycles. The van der Waals surface area contributed by atoms with Crippen molar-refractivity contribution >= 4 is 32.7 Å².